The van der Waals surface area contributed by atoms with Gasteiger partial charge in [0.25, 0.3) is 5.91 Å². The van der Waals surface area contributed by atoms with Crippen LogP contribution in [0.3, 0.4) is 0 Å². The van der Waals surface area contributed by atoms with Crippen LogP contribution >= 0.6 is 0 Å². The Labute approximate surface area is 171 Å². The van der Waals surface area contributed by atoms with E-state index in [-0.39, 0.29) is 10.8 Å². The number of carbonyl (C=O) groups is 1. The molecule has 156 valence electrons. The highest BCUT2D eigenvalue weighted by Gasteiger charge is 2.27. The molecule has 0 aliphatic carbocycles. The molecule has 0 saturated carbocycles. The second-order valence-corrected chi connectivity index (χ2v) is 8.82. The van der Waals surface area contributed by atoms with Crippen LogP contribution in [0.15, 0.2) is 53.4 Å². The van der Waals surface area contributed by atoms with E-state index in [0.717, 1.165) is 18.6 Å². The van der Waals surface area contributed by atoms with Gasteiger partial charge in [0.1, 0.15) is 18.1 Å². The van der Waals surface area contributed by atoms with E-state index < -0.39 is 10.0 Å². The van der Waals surface area contributed by atoms with Crippen molar-refractivity contribution in [2.24, 2.45) is 0 Å². The SMILES string of the molecule is COc1ccc(OCCN(C)C(=O)c2ccc(S(=O)(=O)N3CCCC3)cc2)cc1. The van der Waals surface area contributed by atoms with Crippen LogP contribution in [0.4, 0.5) is 0 Å². The molecular formula is C21H26N2O5S. The minimum Gasteiger partial charge on any atom is -0.497 e. The maximum Gasteiger partial charge on any atom is 0.253 e. The molecule has 8 heteroatoms. The zero-order valence-electron chi connectivity index (χ0n) is 16.7. The van der Waals surface area contributed by atoms with Crippen LogP contribution in [0.2, 0.25) is 0 Å². The number of benzene rings is 2. The molecule has 0 bridgehead atoms. The van der Waals surface area contributed by atoms with Gasteiger partial charge in [0.15, 0.2) is 0 Å². The van der Waals surface area contributed by atoms with Crippen molar-refractivity contribution in [3.63, 3.8) is 0 Å². The van der Waals surface area contributed by atoms with Gasteiger partial charge in [-0.05, 0) is 61.4 Å². The monoisotopic (exact) mass is 418 g/mol. The Bertz CT molecular complexity index is 921. The predicted octanol–water partition coefficient (Wildman–Crippen LogP) is 2.63. The number of methoxy groups -OCH3 is 1. The highest BCUT2D eigenvalue weighted by molar-refractivity contribution is 7.89. The van der Waals surface area contributed by atoms with Crippen LogP contribution < -0.4 is 9.47 Å². The predicted molar refractivity (Wildman–Crippen MR) is 110 cm³/mol. The molecule has 0 spiro atoms. The van der Waals surface area contributed by atoms with E-state index in [1.807, 2.05) is 12.1 Å². The zero-order valence-corrected chi connectivity index (χ0v) is 17.5. The third-order valence-corrected chi connectivity index (χ3v) is 6.82. The Balaban J connectivity index is 1.55. The van der Waals surface area contributed by atoms with Crippen LogP contribution in [0, 0.1) is 0 Å². The quantitative estimate of drug-likeness (QED) is 0.659. The molecule has 2 aromatic carbocycles. The highest BCUT2D eigenvalue weighted by Crippen LogP contribution is 2.21. The zero-order chi connectivity index (χ0) is 20.9. The summed E-state index contributed by atoms with van der Waals surface area (Å²) in [5, 5.41) is 0. The molecule has 1 aliphatic heterocycles. The number of sulfonamides is 1. The first kappa shape index (κ1) is 21.1. The minimum atomic E-state index is -3.47. The smallest absolute Gasteiger partial charge is 0.253 e. The fourth-order valence-corrected chi connectivity index (χ4v) is 4.66. The Morgan fingerprint density at radius 3 is 2.17 bits per heavy atom. The number of rotatable bonds is 8. The maximum atomic E-state index is 12.6. The lowest BCUT2D eigenvalue weighted by molar-refractivity contribution is 0.0773. The van der Waals surface area contributed by atoms with Gasteiger partial charge in [0, 0.05) is 25.7 Å². The second-order valence-electron chi connectivity index (χ2n) is 6.89. The van der Waals surface area contributed by atoms with Crippen molar-refractivity contribution in [2.75, 3.05) is 40.4 Å². The molecule has 2 aromatic rings. The molecule has 3 rings (SSSR count). The summed E-state index contributed by atoms with van der Waals surface area (Å²) < 4.78 is 37.4. The largest absolute Gasteiger partial charge is 0.497 e. The lowest BCUT2D eigenvalue weighted by Crippen LogP contribution is -2.31. The molecule has 0 N–H and O–H groups in total. The summed E-state index contributed by atoms with van der Waals surface area (Å²) in [7, 11) is -0.181. The summed E-state index contributed by atoms with van der Waals surface area (Å²) in [4.78, 5) is 14.4. The Morgan fingerprint density at radius 1 is 1.00 bits per heavy atom. The van der Waals surface area contributed by atoms with E-state index in [1.165, 1.54) is 16.4 Å². The normalized spacial score (nSPS) is 14.6. The molecule has 0 aromatic heterocycles. The van der Waals surface area contributed by atoms with Gasteiger partial charge in [0.2, 0.25) is 10.0 Å². The van der Waals surface area contributed by atoms with Crippen molar-refractivity contribution in [1.82, 2.24) is 9.21 Å². The number of amides is 1. The lowest BCUT2D eigenvalue weighted by Gasteiger charge is -2.18. The highest BCUT2D eigenvalue weighted by atomic mass is 32.2. The number of nitrogens with zero attached hydrogens (tertiary/aromatic N) is 2. The van der Waals surface area contributed by atoms with Gasteiger partial charge in [-0.3, -0.25) is 4.79 Å². The van der Waals surface area contributed by atoms with Crippen LogP contribution in [0.5, 0.6) is 11.5 Å². The number of likely N-dealkylation sites (N-methyl/N-ethyl adjacent to an activating group) is 1. The fraction of sp³-hybridized carbons (Fsp3) is 0.381. The van der Waals surface area contributed by atoms with Crippen molar-refractivity contribution >= 4 is 15.9 Å². The third kappa shape index (κ3) is 5.07. The number of ether oxygens (including phenoxy) is 2. The number of hydrogen-bond donors (Lipinski definition) is 0. The minimum absolute atomic E-state index is 0.187. The second kappa shape index (κ2) is 9.28. The lowest BCUT2D eigenvalue weighted by atomic mass is 10.2. The van der Waals surface area contributed by atoms with Gasteiger partial charge >= 0.3 is 0 Å². The van der Waals surface area contributed by atoms with Crippen molar-refractivity contribution in [3.8, 4) is 11.5 Å². The number of carbonyl (C=O) groups excluding carboxylic acids is 1. The summed E-state index contributed by atoms with van der Waals surface area (Å²) in [5.74, 6) is 1.26. The molecule has 0 atom stereocenters. The molecule has 29 heavy (non-hydrogen) atoms. The summed E-state index contributed by atoms with van der Waals surface area (Å²) in [5.41, 5.74) is 0.442. The fourth-order valence-electron chi connectivity index (χ4n) is 3.14. The Kier molecular flexibility index (Phi) is 6.76. The van der Waals surface area contributed by atoms with Crippen molar-refractivity contribution in [2.45, 2.75) is 17.7 Å². The molecule has 1 heterocycles. The molecular weight excluding hydrogens is 392 g/mol. The van der Waals surface area contributed by atoms with E-state index in [1.54, 1.807) is 43.3 Å². The van der Waals surface area contributed by atoms with Gasteiger partial charge in [-0.15, -0.1) is 0 Å². The summed E-state index contributed by atoms with van der Waals surface area (Å²) in [6, 6.07) is 13.4. The first-order chi connectivity index (χ1) is 13.9. The van der Waals surface area contributed by atoms with E-state index in [0.29, 0.717) is 37.6 Å². The molecule has 0 unspecified atom stereocenters. The topological polar surface area (TPSA) is 76.1 Å². The van der Waals surface area contributed by atoms with Crippen molar-refractivity contribution < 1.29 is 22.7 Å². The molecule has 1 saturated heterocycles. The standard InChI is InChI=1S/C21H26N2O5S/c1-22(15-16-28-19-9-7-18(27-2)8-10-19)21(24)17-5-11-20(12-6-17)29(25,26)23-13-3-4-14-23/h5-12H,3-4,13-16H2,1-2H3. The number of hydrogen-bond acceptors (Lipinski definition) is 5. The Hall–Kier alpha value is -2.58. The van der Waals surface area contributed by atoms with Gasteiger partial charge in [-0.25, -0.2) is 8.42 Å². The Morgan fingerprint density at radius 2 is 1.59 bits per heavy atom. The molecule has 1 amide bonds. The van der Waals surface area contributed by atoms with Crippen molar-refractivity contribution in [3.05, 3.63) is 54.1 Å². The summed E-state index contributed by atoms with van der Waals surface area (Å²) in [6.45, 7) is 1.86. The summed E-state index contributed by atoms with van der Waals surface area (Å²) in [6.07, 6.45) is 1.78. The van der Waals surface area contributed by atoms with Gasteiger partial charge in [0.05, 0.1) is 18.6 Å². The van der Waals surface area contributed by atoms with Gasteiger partial charge in [-0.2, -0.15) is 4.31 Å². The van der Waals surface area contributed by atoms with Crippen LogP contribution in [-0.2, 0) is 10.0 Å². The van der Waals surface area contributed by atoms with E-state index in [4.69, 9.17) is 9.47 Å². The maximum absolute atomic E-state index is 12.6. The van der Waals surface area contributed by atoms with Crippen LogP contribution in [0.25, 0.3) is 0 Å². The summed E-state index contributed by atoms with van der Waals surface area (Å²) >= 11 is 0. The van der Waals surface area contributed by atoms with Crippen LogP contribution in [0.1, 0.15) is 23.2 Å². The van der Waals surface area contributed by atoms with E-state index in [2.05, 4.69) is 0 Å². The van der Waals surface area contributed by atoms with Crippen molar-refractivity contribution in [1.29, 1.82) is 0 Å². The first-order valence-corrected chi connectivity index (χ1v) is 11.0. The molecule has 1 fully saturated rings. The third-order valence-electron chi connectivity index (χ3n) is 4.91. The average Bonchev–Trinajstić information content (AvgIpc) is 3.29. The molecule has 7 nitrogen and oxygen atoms in total. The first-order valence-electron chi connectivity index (χ1n) is 9.54. The van der Waals surface area contributed by atoms with Crippen LogP contribution in [-0.4, -0.2) is 63.9 Å². The average molecular weight is 419 g/mol. The van der Waals surface area contributed by atoms with E-state index in [9.17, 15) is 13.2 Å². The van der Waals surface area contributed by atoms with Gasteiger partial charge < -0.3 is 14.4 Å². The molecule has 1 aliphatic rings. The van der Waals surface area contributed by atoms with E-state index >= 15 is 0 Å². The van der Waals surface area contributed by atoms with Gasteiger partial charge in [-0.1, -0.05) is 0 Å². The molecule has 0 radical (unpaired) electrons.